The number of nitrogens with one attached hydrogen (secondary N) is 1. The second-order valence-electron chi connectivity index (χ2n) is 12.7. The Kier molecular flexibility index (Phi) is 5.28. The number of aliphatic imine (C=N–C) groups is 1. The van der Waals surface area contributed by atoms with Crippen molar-refractivity contribution in [3.05, 3.63) is 154 Å². The first-order valence-electron chi connectivity index (χ1n) is 14.8. The molecule has 2 heterocycles. The van der Waals surface area contributed by atoms with Crippen LogP contribution < -0.4 is 5.32 Å². The average Bonchev–Trinajstić information content (AvgIpc) is 3.41. The van der Waals surface area contributed by atoms with Gasteiger partial charge >= 0.3 is 0 Å². The van der Waals surface area contributed by atoms with Gasteiger partial charge in [-0.25, -0.2) is 0 Å². The molecular formula is C39H33N3. The molecule has 1 aliphatic heterocycles. The zero-order valence-electron chi connectivity index (χ0n) is 24.4. The van der Waals surface area contributed by atoms with E-state index in [0.29, 0.717) is 0 Å². The maximum atomic E-state index is 5.34. The number of benzene rings is 4. The number of fused-ring (bicyclic) bond motifs is 5. The molecule has 5 aromatic rings. The summed E-state index contributed by atoms with van der Waals surface area (Å²) in [6.45, 7) is 9.28. The molecule has 3 heteroatoms. The standard InChI is InChI=1S/C39H33N3/c1-38(2)30-16-10-8-14-27(30)28-20-18-25(22-32(28)38)33-21-19-26(23-40-33)35-34-36(29-15-9-11-17-31(29)39(34,3)4)42-37(41-35)24-12-6-5-7-13-24/h5-23,35H,1-4H3,(H,41,42). The number of rotatable bonds is 3. The SMILES string of the molecule is CC1(C)C2=C(NC(c3ccccc3)=NC2c2ccc(-c3ccc4c(c3)C(C)(C)c3ccccc3-4)nc2)c2ccccc21. The quantitative estimate of drug-likeness (QED) is 0.247. The Labute approximate surface area is 247 Å². The topological polar surface area (TPSA) is 37.3 Å². The van der Waals surface area contributed by atoms with Gasteiger partial charge in [0.25, 0.3) is 0 Å². The van der Waals surface area contributed by atoms with Crippen LogP contribution in [0.3, 0.4) is 0 Å². The summed E-state index contributed by atoms with van der Waals surface area (Å²) in [5.41, 5.74) is 14.6. The predicted octanol–water partition coefficient (Wildman–Crippen LogP) is 8.85. The van der Waals surface area contributed by atoms with E-state index in [9.17, 15) is 0 Å². The zero-order valence-corrected chi connectivity index (χ0v) is 24.4. The minimum Gasteiger partial charge on any atom is -0.339 e. The van der Waals surface area contributed by atoms with Gasteiger partial charge in [-0.05, 0) is 51.1 Å². The van der Waals surface area contributed by atoms with Crippen LogP contribution in [0.25, 0.3) is 28.1 Å². The first-order chi connectivity index (χ1) is 20.3. The van der Waals surface area contributed by atoms with Crippen molar-refractivity contribution >= 4 is 11.5 Å². The molecule has 0 fully saturated rings. The molecule has 42 heavy (non-hydrogen) atoms. The van der Waals surface area contributed by atoms with Crippen molar-refractivity contribution in [3.8, 4) is 22.4 Å². The van der Waals surface area contributed by atoms with Crippen LogP contribution in [0.1, 0.15) is 67.1 Å². The van der Waals surface area contributed by atoms with E-state index in [1.54, 1.807) is 0 Å². The molecule has 1 aromatic heterocycles. The Hall–Kier alpha value is -4.76. The van der Waals surface area contributed by atoms with Crippen molar-refractivity contribution in [2.75, 3.05) is 0 Å². The Bertz CT molecular complexity index is 1940. The van der Waals surface area contributed by atoms with E-state index >= 15 is 0 Å². The lowest BCUT2D eigenvalue weighted by molar-refractivity contribution is 0.576. The molecule has 0 radical (unpaired) electrons. The average molecular weight is 544 g/mol. The molecule has 0 amide bonds. The number of amidine groups is 1. The van der Waals surface area contributed by atoms with Crippen LogP contribution in [0.2, 0.25) is 0 Å². The van der Waals surface area contributed by atoms with Crippen molar-refractivity contribution in [2.24, 2.45) is 4.99 Å². The van der Waals surface area contributed by atoms with Crippen LogP contribution in [-0.2, 0) is 10.8 Å². The predicted molar refractivity (Wildman–Crippen MR) is 172 cm³/mol. The highest BCUT2D eigenvalue weighted by molar-refractivity contribution is 6.06. The summed E-state index contributed by atoms with van der Waals surface area (Å²) < 4.78 is 0. The largest absolute Gasteiger partial charge is 0.339 e. The normalized spacial score (nSPS) is 18.9. The van der Waals surface area contributed by atoms with Gasteiger partial charge in [-0.2, -0.15) is 0 Å². The first-order valence-corrected chi connectivity index (χ1v) is 14.8. The summed E-state index contributed by atoms with van der Waals surface area (Å²) in [6.07, 6.45) is 2.04. The molecule has 8 rings (SSSR count). The maximum absolute atomic E-state index is 5.34. The van der Waals surface area contributed by atoms with Gasteiger partial charge in [0.05, 0.1) is 5.69 Å². The van der Waals surface area contributed by atoms with Gasteiger partial charge < -0.3 is 5.32 Å². The van der Waals surface area contributed by atoms with Crippen LogP contribution in [0.4, 0.5) is 0 Å². The summed E-state index contributed by atoms with van der Waals surface area (Å²) in [4.78, 5) is 10.4. The lowest BCUT2D eigenvalue weighted by atomic mass is 9.76. The molecule has 0 saturated heterocycles. The fraction of sp³-hybridized carbons (Fsp3) is 0.179. The molecule has 3 aliphatic rings. The molecule has 1 atom stereocenters. The highest BCUT2D eigenvalue weighted by Gasteiger charge is 2.44. The van der Waals surface area contributed by atoms with Crippen LogP contribution >= 0.6 is 0 Å². The highest BCUT2D eigenvalue weighted by atomic mass is 15.1. The highest BCUT2D eigenvalue weighted by Crippen LogP contribution is 2.53. The van der Waals surface area contributed by atoms with Gasteiger partial charge in [0, 0.05) is 39.4 Å². The minimum atomic E-state index is -0.158. The Morgan fingerprint density at radius 3 is 2.00 bits per heavy atom. The fourth-order valence-electron chi connectivity index (χ4n) is 7.39. The molecule has 1 unspecified atom stereocenters. The molecule has 3 nitrogen and oxygen atoms in total. The zero-order chi connectivity index (χ0) is 28.6. The van der Waals surface area contributed by atoms with Crippen LogP contribution in [0, 0.1) is 0 Å². The maximum Gasteiger partial charge on any atom is 0.133 e. The van der Waals surface area contributed by atoms with Crippen molar-refractivity contribution < 1.29 is 0 Å². The Morgan fingerprint density at radius 2 is 1.26 bits per heavy atom. The summed E-state index contributed by atoms with van der Waals surface area (Å²) in [5, 5.41) is 3.73. The summed E-state index contributed by atoms with van der Waals surface area (Å²) >= 11 is 0. The lowest BCUT2D eigenvalue weighted by Gasteiger charge is -2.32. The Balaban J connectivity index is 1.21. The summed E-state index contributed by atoms with van der Waals surface area (Å²) in [7, 11) is 0. The van der Waals surface area contributed by atoms with E-state index in [1.165, 1.54) is 44.7 Å². The summed E-state index contributed by atoms with van der Waals surface area (Å²) in [6, 6.07) is 39.0. The van der Waals surface area contributed by atoms with E-state index in [1.807, 2.05) is 12.3 Å². The van der Waals surface area contributed by atoms with E-state index < -0.39 is 0 Å². The molecule has 0 spiro atoms. The summed E-state index contributed by atoms with van der Waals surface area (Å²) in [5.74, 6) is 0.899. The van der Waals surface area contributed by atoms with Crippen LogP contribution in [0.5, 0.6) is 0 Å². The molecule has 1 N–H and O–H groups in total. The Morgan fingerprint density at radius 1 is 0.595 bits per heavy atom. The van der Waals surface area contributed by atoms with E-state index in [2.05, 4.69) is 136 Å². The number of aromatic nitrogens is 1. The number of nitrogens with zero attached hydrogens (tertiary/aromatic N) is 2. The molecular weight excluding hydrogens is 510 g/mol. The second kappa shape index (κ2) is 8.87. The van der Waals surface area contributed by atoms with Crippen molar-refractivity contribution in [3.63, 3.8) is 0 Å². The third kappa shape index (κ3) is 3.53. The first kappa shape index (κ1) is 25.0. The van der Waals surface area contributed by atoms with Gasteiger partial charge in [0.15, 0.2) is 0 Å². The van der Waals surface area contributed by atoms with E-state index in [0.717, 1.165) is 28.2 Å². The molecule has 204 valence electrons. The minimum absolute atomic E-state index is 0.0362. The van der Waals surface area contributed by atoms with E-state index in [-0.39, 0.29) is 16.9 Å². The van der Waals surface area contributed by atoms with Crippen molar-refractivity contribution in [1.29, 1.82) is 0 Å². The number of hydrogen-bond acceptors (Lipinski definition) is 3. The van der Waals surface area contributed by atoms with Gasteiger partial charge in [-0.1, -0.05) is 125 Å². The smallest absolute Gasteiger partial charge is 0.133 e. The molecule has 0 saturated carbocycles. The third-order valence-electron chi connectivity index (χ3n) is 9.62. The number of hydrogen-bond donors (Lipinski definition) is 1. The van der Waals surface area contributed by atoms with Crippen LogP contribution in [0.15, 0.2) is 126 Å². The molecule has 0 bridgehead atoms. The fourth-order valence-corrected chi connectivity index (χ4v) is 7.39. The van der Waals surface area contributed by atoms with Crippen molar-refractivity contribution in [1.82, 2.24) is 10.3 Å². The van der Waals surface area contributed by atoms with E-state index in [4.69, 9.17) is 9.98 Å². The van der Waals surface area contributed by atoms with Crippen LogP contribution in [-0.4, -0.2) is 10.8 Å². The molecule has 2 aliphatic carbocycles. The van der Waals surface area contributed by atoms with Gasteiger partial charge in [0.2, 0.25) is 0 Å². The third-order valence-corrected chi connectivity index (χ3v) is 9.62. The van der Waals surface area contributed by atoms with Gasteiger partial charge in [-0.15, -0.1) is 0 Å². The van der Waals surface area contributed by atoms with Crippen molar-refractivity contribution in [2.45, 2.75) is 44.6 Å². The van der Waals surface area contributed by atoms with Gasteiger partial charge in [-0.3, -0.25) is 9.98 Å². The number of pyridine rings is 1. The lowest BCUT2D eigenvalue weighted by Crippen LogP contribution is -2.32. The molecule has 4 aromatic carbocycles. The van der Waals surface area contributed by atoms with Gasteiger partial charge in [0.1, 0.15) is 11.9 Å². The monoisotopic (exact) mass is 543 g/mol. The second-order valence-corrected chi connectivity index (χ2v) is 12.7.